The molecule has 0 saturated carbocycles. The van der Waals surface area contributed by atoms with Crippen LogP contribution in [0.3, 0.4) is 0 Å². The summed E-state index contributed by atoms with van der Waals surface area (Å²) >= 11 is 0. The number of anilines is 1. The predicted octanol–water partition coefficient (Wildman–Crippen LogP) is 2.83. The van der Waals surface area contributed by atoms with Gasteiger partial charge in [0.25, 0.3) is 5.91 Å². The van der Waals surface area contributed by atoms with Gasteiger partial charge in [0.05, 0.1) is 5.69 Å². The van der Waals surface area contributed by atoms with Crippen molar-refractivity contribution in [2.24, 2.45) is 5.41 Å². The summed E-state index contributed by atoms with van der Waals surface area (Å²) in [6.07, 6.45) is 3.12. The molecule has 0 aliphatic carbocycles. The zero-order valence-electron chi connectivity index (χ0n) is 14.1. The van der Waals surface area contributed by atoms with Crippen LogP contribution < -0.4 is 10.1 Å². The van der Waals surface area contributed by atoms with Crippen molar-refractivity contribution in [2.75, 3.05) is 26.0 Å². The molecule has 126 valence electrons. The van der Waals surface area contributed by atoms with Crippen LogP contribution >= 0.6 is 0 Å². The quantitative estimate of drug-likeness (QED) is 0.848. The molecule has 0 aliphatic heterocycles. The summed E-state index contributed by atoms with van der Waals surface area (Å²) in [4.78, 5) is 24.5. The van der Waals surface area contributed by atoms with E-state index in [2.05, 4.69) is 5.32 Å². The Kier molecular flexibility index (Phi) is 6.30. The fourth-order valence-corrected chi connectivity index (χ4v) is 1.46. The van der Waals surface area contributed by atoms with E-state index in [1.165, 1.54) is 23.1 Å². The molecule has 1 aromatic rings. The van der Waals surface area contributed by atoms with Gasteiger partial charge in [0.2, 0.25) is 5.91 Å². The van der Waals surface area contributed by atoms with Crippen molar-refractivity contribution in [1.29, 1.82) is 0 Å². The summed E-state index contributed by atoms with van der Waals surface area (Å²) in [6.45, 7) is 5.70. The Hall–Kier alpha value is -2.37. The third-order valence-electron chi connectivity index (χ3n) is 2.79. The van der Waals surface area contributed by atoms with Gasteiger partial charge < -0.3 is 15.0 Å². The molecule has 0 bridgehead atoms. The zero-order chi connectivity index (χ0) is 17.6. The Labute approximate surface area is 136 Å². The molecule has 5 nitrogen and oxygen atoms in total. The maximum Gasteiger partial charge on any atom is 0.259 e. The molecule has 0 aliphatic rings. The van der Waals surface area contributed by atoms with Crippen molar-refractivity contribution in [3.8, 4) is 5.75 Å². The monoisotopic (exact) mass is 322 g/mol. The number of rotatable bonds is 5. The van der Waals surface area contributed by atoms with Crippen LogP contribution in [-0.4, -0.2) is 37.4 Å². The van der Waals surface area contributed by atoms with E-state index in [-0.39, 0.29) is 29.4 Å². The Balaban J connectivity index is 2.68. The Morgan fingerprint density at radius 1 is 1.30 bits per heavy atom. The van der Waals surface area contributed by atoms with Crippen LogP contribution in [0.5, 0.6) is 5.75 Å². The second-order valence-corrected chi connectivity index (χ2v) is 6.41. The molecule has 2 amide bonds. The van der Waals surface area contributed by atoms with Gasteiger partial charge in [0, 0.05) is 20.2 Å². The molecule has 0 radical (unpaired) electrons. The van der Waals surface area contributed by atoms with E-state index in [1.54, 1.807) is 20.2 Å². The molecule has 0 unspecified atom stereocenters. The lowest BCUT2D eigenvalue weighted by molar-refractivity contribution is -0.130. The minimum atomic E-state index is -0.627. The number of hydrogen-bond acceptors (Lipinski definition) is 3. The van der Waals surface area contributed by atoms with Crippen LogP contribution in [0.4, 0.5) is 10.1 Å². The number of nitrogens with one attached hydrogen (secondary N) is 1. The van der Waals surface area contributed by atoms with Gasteiger partial charge in [-0.1, -0.05) is 26.8 Å². The van der Waals surface area contributed by atoms with Crippen LogP contribution in [0, 0.1) is 11.2 Å². The third kappa shape index (κ3) is 6.95. The van der Waals surface area contributed by atoms with Crippen LogP contribution in [0.15, 0.2) is 30.4 Å². The molecule has 23 heavy (non-hydrogen) atoms. The molecule has 0 heterocycles. The number of allylic oxidation sites excluding steroid dienone is 1. The first kappa shape index (κ1) is 18.7. The number of amides is 2. The molecule has 0 fully saturated rings. The molecule has 1 rings (SSSR count). The van der Waals surface area contributed by atoms with E-state index in [1.807, 2.05) is 20.8 Å². The molecular formula is C17H23FN2O3. The van der Waals surface area contributed by atoms with Crippen LogP contribution in [0.1, 0.15) is 20.8 Å². The van der Waals surface area contributed by atoms with Crippen LogP contribution in [0.2, 0.25) is 0 Å². The van der Waals surface area contributed by atoms with Gasteiger partial charge in [-0.25, -0.2) is 4.39 Å². The number of likely N-dealkylation sites (N-methyl/N-ethyl adjacent to an activating group) is 1. The highest BCUT2D eigenvalue weighted by Gasteiger charge is 2.10. The minimum absolute atomic E-state index is 0.0554. The summed E-state index contributed by atoms with van der Waals surface area (Å²) in [5.74, 6) is -1.04. The average molecular weight is 322 g/mol. The van der Waals surface area contributed by atoms with Crippen molar-refractivity contribution in [3.63, 3.8) is 0 Å². The highest BCUT2D eigenvalue weighted by atomic mass is 19.1. The summed E-state index contributed by atoms with van der Waals surface area (Å²) in [5.41, 5.74) is -0.0770. The molecule has 0 spiro atoms. The first-order chi connectivity index (χ1) is 10.6. The van der Waals surface area contributed by atoms with Gasteiger partial charge >= 0.3 is 0 Å². The fraction of sp³-hybridized carbons (Fsp3) is 0.412. The van der Waals surface area contributed by atoms with Gasteiger partial charge in [0.15, 0.2) is 6.61 Å². The standard InChI is InChI=1S/C17H23FN2O3/c1-17(2,3)9-8-15(21)19-14-7-6-12(10-13(14)18)23-11-16(22)20(4)5/h6-10H,11H2,1-5H3,(H,19,21)/b9-8+. The van der Waals surface area contributed by atoms with E-state index < -0.39 is 11.7 Å². The van der Waals surface area contributed by atoms with Crippen LogP contribution in [-0.2, 0) is 9.59 Å². The van der Waals surface area contributed by atoms with Gasteiger partial charge in [0.1, 0.15) is 11.6 Å². The lowest BCUT2D eigenvalue weighted by Crippen LogP contribution is -2.27. The second kappa shape index (κ2) is 7.76. The lowest BCUT2D eigenvalue weighted by Gasteiger charge is -2.12. The van der Waals surface area contributed by atoms with Gasteiger partial charge in [-0.2, -0.15) is 0 Å². The van der Waals surface area contributed by atoms with E-state index in [9.17, 15) is 14.0 Å². The first-order valence-corrected chi connectivity index (χ1v) is 7.21. The number of hydrogen-bond donors (Lipinski definition) is 1. The topological polar surface area (TPSA) is 58.6 Å². The Bertz CT molecular complexity index is 604. The van der Waals surface area contributed by atoms with Crippen molar-refractivity contribution >= 4 is 17.5 Å². The molecule has 0 atom stereocenters. The van der Waals surface area contributed by atoms with Gasteiger partial charge in [-0.15, -0.1) is 0 Å². The number of carbonyl (C=O) groups is 2. The third-order valence-corrected chi connectivity index (χ3v) is 2.79. The minimum Gasteiger partial charge on any atom is -0.484 e. The summed E-state index contributed by atoms with van der Waals surface area (Å²) in [7, 11) is 3.21. The molecule has 6 heteroatoms. The van der Waals surface area contributed by atoms with E-state index in [0.717, 1.165) is 6.07 Å². The van der Waals surface area contributed by atoms with Crippen molar-refractivity contribution in [1.82, 2.24) is 4.90 Å². The summed E-state index contributed by atoms with van der Waals surface area (Å²) < 4.78 is 19.2. The van der Waals surface area contributed by atoms with Crippen molar-refractivity contribution in [3.05, 3.63) is 36.2 Å². The zero-order valence-corrected chi connectivity index (χ0v) is 14.1. The van der Waals surface area contributed by atoms with Crippen molar-refractivity contribution in [2.45, 2.75) is 20.8 Å². The van der Waals surface area contributed by atoms with E-state index in [4.69, 9.17) is 4.74 Å². The predicted molar refractivity (Wildman–Crippen MR) is 87.8 cm³/mol. The molecular weight excluding hydrogens is 299 g/mol. The van der Waals surface area contributed by atoms with Gasteiger partial charge in [-0.05, 0) is 23.6 Å². The smallest absolute Gasteiger partial charge is 0.259 e. The van der Waals surface area contributed by atoms with Gasteiger partial charge in [-0.3, -0.25) is 9.59 Å². The van der Waals surface area contributed by atoms with E-state index in [0.29, 0.717) is 0 Å². The number of ether oxygens (including phenoxy) is 1. The second-order valence-electron chi connectivity index (χ2n) is 6.41. The maximum absolute atomic E-state index is 14.0. The Morgan fingerprint density at radius 3 is 2.48 bits per heavy atom. The van der Waals surface area contributed by atoms with E-state index >= 15 is 0 Å². The summed E-state index contributed by atoms with van der Waals surface area (Å²) in [5, 5.41) is 2.46. The Morgan fingerprint density at radius 2 is 1.96 bits per heavy atom. The largest absolute Gasteiger partial charge is 0.484 e. The lowest BCUT2D eigenvalue weighted by atomic mass is 9.96. The molecule has 1 aromatic carbocycles. The number of nitrogens with zero attached hydrogens (tertiary/aromatic N) is 1. The average Bonchev–Trinajstić information content (AvgIpc) is 2.44. The summed E-state index contributed by atoms with van der Waals surface area (Å²) in [6, 6.07) is 4.02. The van der Waals surface area contributed by atoms with Crippen molar-refractivity contribution < 1.29 is 18.7 Å². The fourth-order valence-electron chi connectivity index (χ4n) is 1.46. The SMILES string of the molecule is CN(C)C(=O)COc1ccc(NC(=O)/C=C/C(C)(C)C)c(F)c1. The normalized spacial score (nSPS) is 11.4. The first-order valence-electron chi connectivity index (χ1n) is 7.21. The molecule has 0 saturated heterocycles. The molecule has 1 N–H and O–H groups in total. The molecule has 0 aromatic heterocycles. The van der Waals surface area contributed by atoms with Crippen LogP contribution in [0.25, 0.3) is 0 Å². The maximum atomic E-state index is 14.0. The number of carbonyl (C=O) groups excluding carboxylic acids is 2. The highest BCUT2D eigenvalue weighted by Crippen LogP contribution is 2.21. The number of halogens is 1. The highest BCUT2D eigenvalue weighted by molar-refractivity contribution is 5.99. The number of benzene rings is 1.